The Kier molecular flexibility index (Phi) is 10.7. The third-order valence-corrected chi connectivity index (χ3v) is 9.75. The zero-order valence-electron chi connectivity index (χ0n) is 25.4. The highest BCUT2D eigenvalue weighted by Gasteiger charge is 2.35. The first kappa shape index (κ1) is 34.5. The zero-order chi connectivity index (χ0) is 33.0. The Hall–Kier alpha value is -3.36. The van der Waals surface area contributed by atoms with Crippen LogP contribution >= 0.6 is 10.8 Å². The van der Waals surface area contributed by atoms with Crippen LogP contribution in [-0.4, -0.2) is 57.7 Å². The highest BCUT2D eigenvalue weighted by molar-refractivity contribution is 8.25. The van der Waals surface area contributed by atoms with Gasteiger partial charge in [0.15, 0.2) is 5.82 Å². The summed E-state index contributed by atoms with van der Waals surface area (Å²) in [5.74, 6) is -1.65. The molecule has 0 radical (unpaired) electrons. The van der Waals surface area contributed by atoms with Crippen molar-refractivity contribution in [2.75, 3.05) is 35.0 Å². The average Bonchev–Trinajstić information content (AvgIpc) is 3.35. The van der Waals surface area contributed by atoms with Crippen LogP contribution in [0.4, 0.5) is 28.9 Å². The number of nitrogens with zero attached hydrogens (tertiary/aromatic N) is 1. The SMILES string of the molecule is CCNc1cc(C(=O)N[C@@H](Cc2ccccc2)[C@@H](O)CNC(C)(C)c2cccc(C(F)(F)F)c2)c(F)c(N2CCCS2(O)O)c1. The summed E-state index contributed by atoms with van der Waals surface area (Å²) in [6.07, 6.45) is -5.12. The number of halogens is 4. The molecule has 3 aromatic carbocycles. The lowest BCUT2D eigenvalue weighted by Crippen LogP contribution is -2.51. The van der Waals surface area contributed by atoms with Crippen molar-refractivity contribution < 1.29 is 36.6 Å². The van der Waals surface area contributed by atoms with Crippen LogP contribution in [0.1, 0.15) is 54.2 Å². The molecule has 4 rings (SSSR count). The molecule has 0 aliphatic carbocycles. The smallest absolute Gasteiger partial charge is 0.390 e. The van der Waals surface area contributed by atoms with E-state index in [2.05, 4.69) is 16.0 Å². The molecule has 1 heterocycles. The van der Waals surface area contributed by atoms with Gasteiger partial charge in [-0.05, 0) is 69.0 Å². The number of aliphatic hydroxyl groups excluding tert-OH is 1. The quantitative estimate of drug-likeness (QED) is 0.126. The van der Waals surface area contributed by atoms with E-state index >= 15 is 4.39 Å². The molecule has 0 bridgehead atoms. The molecule has 0 aromatic heterocycles. The number of carbonyl (C=O) groups excluding carboxylic acids is 1. The Morgan fingerprint density at radius 2 is 1.71 bits per heavy atom. The molecule has 1 saturated heterocycles. The van der Waals surface area contributed by atoms with E-state index in [0.29, 0.717) is 24.2 Å². The fourth-order valence-corrected chi connectivity index (χ4v) is 6.89. The number of anilines is 2. The van der Waals surface area contributed by atoms with Crippen LogP contribution in [0.25, 0.3) is 0 Å². The summed E-state index contributed by atoms with van der Waals surface area (Å²) < 4.78 is 78.1. The van der Waals surface area contributed by atoms with Crippen LogP contribution in [0.5, 0.6) is 0 Å². The maximum atomic E-state index is 15.9. The number of nitrogens with one attached hydrogen (secondary N) is 3. The normalized spacial score (nSPS) is 17.1. The number of rotatable bonds is 12. The summed E-state index contributed by atoms with van der Waals surface area (Å²) in [4.78, 5) is 13.7. The Morgan fingerprint density at radius 1 is 1.02 bits per heavy atom. The molecular formula is C32H40F4N4O4S. The van der Waals surface area contributed by atoms with Crippen molar-refractivity contribution in [2.24, 2.45) is 0 Å². The highest BCUT2D eigenvalue weighted by Crippen LogP contribution is 2.52. The van der Waals surface area contributed by atoms with Crippen LogP contribution < -0.4 is 20.3 Å². The van der Waals surface area contributed by atoms with Gasteiger partial charge in [0.25, 0.3) is 5.91 Å². The first-order valence-electron chi connectivity index (χ1n) is 14.7. The minimum atomic E-state index is -4.51. The lowest BCUT2D eigenvalue weighted by molar-refractivity contribution is -0.137. The minimum absolute atomic E-state index is 0.0919. The molecule has 13 heteroatoms. The topological polar surface area (TPSA) is 117 Å². The summed E-state index contributed by atoms with van der Waals surface area (Å²) >= 11 is 0. The fourth-order valence-electron chi connectivity index (χ4n) is 5.28. The molecule has 1 aliphatic heterocycles. The molecule has 1 fully saturated rings. The van der Waals surface area contributed by atoms with E-state index in [0.717, 1.165) is 17.7 Å². The van der Waals surface area contributed by atoms with Gasteiger partial charge in [-0.3, -0.25) is 18.2 Å². The summed E-state index contributed by atoms with van der Waals surface area (Å²) in [6.45, 7) is 5.76. The van der Waals surface area contributed by atoms with E-state index in [-0.39, 0.29) is 36.5 Å². The molecular weight excluding hydrogens is 612 g/mol. The van der Waals surface area contributed by atoms with Crippen molar-refractivity contribution in [1.29, 1.82) is 0 Å². The highest BCUT2D eigenvalue weighted by atomic mass is 32.3. The van der Waals surface area contributed by atoms with Gasteiger partial charge in [0.05, 0.1) is 34.7 Å². The van der Waals surface area contributed by atoms with Gasteiger partial charge in [-0.2, -0.15) is 13.2 Å². The maximum Gasteiger partial charge on any atom is 0.416 e. The maximum absolute atomic E-state index is 15.9. The van der Waals surface area contributed by atoms with Crippen LogP contribution in [-0.2, 0) is 18.1 Å². The van der Waals surface area contributed by atoms with Gasteiger partial charge >= 0.3 is 6.18 Å². The standard InChI is InChI=1S/C32H40F4N4O4S/c1-4-37-24-18-25(29(33)27(19-24)40-14-9-15-45(40,43)44)30(42)39-26(16-21-10-6-5-7-11-21)28(41)20-38-31(2,3)22-12-8-13-23(17-22)32(34,35)36/h5-8,10-13,17-19,26,28,37-38,41,43-44H,4,9,14-16,20H2,1-3H3,(H,39,42)/t26-,28-/m0/s1. The van der Waals surface area contributed by atoms with Crippen LogP contribution in [0.3, 0.4) is 0 Å². The van der Waals surface area contributed by atoms with Gasteiger partial charge in [0.2, 0.25) is 0 Å². The fraction of sp³-hybridized carbons (Fsp3) is 0.406. The van der Waals surface area contributed by atoms with Gasteiger partial charge in [0.1, 0.15) is 0 Å². The summed E-state index contributed by atoms with van der Waals surface area (Å²) in [7, 11) is -3.25. The van der Waals surface area contributed by atoms with E-state index in [1.165, 1.54) is 22.5 Å². The van der Waals surface area contributed by atoms with Gasteiger partial charge < -0.3 is 21.1 Å². The Balaban J connectivity index is 1.60. The third kappa shape index (κ3) is 8.47. The van der Waals surface area contributed by atoms with Gasteiger partial charge in [0, 0.05) is 30.9 Å². The Labute approximate surface area is 262 Å². The second-order valence-electron chi connectivity index (χ2n) is 11.6. The molecule has 1 amide bonds. The van der Waals surface area contributed by atoms with Gasteiger partial charge in [-0.15, -0.1) is 10.8 Å². The number of carbonyl (C=O) groups is 1. The molecule has 0 saturated carbocycles. The lowest BCUT2D eigenvalue weighted by Gasteiger charge is -2.38. The average molecular weight is 653 g/mol. The molecule has 8 nitrogen and oxygen atoms in total. The second-order valence-corrected chi connectivity index (χ2v) is 13.7. The predicted octanol–water partition coefficient (Wildman–Crippen LogP) is 6.38. The number of hydrogen-bond acceptors (Lipinski definition) is 7. The first-order valence-corrected chi connectivity index (χ1v) is 16.4. The van der Waals surface area contributed by atoms with E-state index < -0.39 is 51.9 Å². The van der Waals surface area contributed by atoms with Crippen molar-refractivity contribution in [2.45, 2.75) is 57.5 Å². The number of hydrogen-bond donors (Lipinski definition) is 6. The monoisotopic (exact) mass is 652 g/mol. The van der Waals surface area contributed by atoms with E-state index in [9.17, 15) is 32.2 Å². The molecule has 6 N–H and O–H groups in total. The van der Waals surface area contributed by atoms with E-state index in [1.54, 1.807) is 32.0 Å². The van der Waals surface area contributed by atoms with E-state index in [1.807, 2.05) is 25.1 Å². The third-order valence-electron chi connectivity index (χ3n) is 7.82. The van der Waals surface area contributed by atoms with Crippen molar-refractivity contribution in [3.8, 4) is 0 Å². The minimum Gasteiger partial charge on any atom is -0.390 e. The number of alkyl halides is 3. The van der Waals surface area contributed by atoms with Gasteiger partial charge in [-0.1, -0.05) is 42.5 Å². The van der Waals surface area contributed by atoms with Crippen molar-refractivity contribution in [1.82, 2.24) is 10.6 Å². The van der Waals surface area contributed by atoms with Crippen LogP contribution in [0.2, 0.25) is 0 Å². The van der Waals surface area contributed by atoms with Crippen LogP contribution in [0.15, 0.2) is 66.7 Å². The summed E-state index contributed by atoms with van der Waals surface area (Å²) in [5, 5.41) is 20.2. The van der Waals surface area contributed by atoms with Gasteiger partial charge in [-0.25, -0.2) is 4.39 Å². The molecule has 45 heavy (non-hydrogen) atoms. The largest absolute Gasteiger partial charge is 0.416 e. The van der Waals surface area contributed by atoms with Crippen molar-refractivity contribution in [3.63, 3.8) is 0 Å². The molecule has 0 unspecified atom stereocenters. The first-order chi connectivity index (χ1) is 21.1. The molecule has 0 spiro atoms. The molecule has 3 aromatic rings. The molecule has 246 valence electrons. The molecule has 1 aliphatic rings. The van der Waals surface area contributed by atoms with Crippen molar-refractivity contribution >= 4 is 28.1 Å². The predicted molar refractivity (Wildman–Crippen MR) is 170 cm³/mol. The number of aliphatic hydroxyl groups is 1. The lowest BCUT2D eigenvalue weighted by atomic mass is 9.92. The second kappa shape index (κ2) is 14.0. The zero-order valence-corrected chi connectivity index (χ0v) is 26.2. The van der Waals surface area contributed by atoms with Crippen LogP contribution in [0, 0.1) is 5.82 Å². The summed E-state index contributed by atoms with van der Waals surface area (Å²) in [6, 6.07) is 15.8. The Bertz CT molecular complexity index is 1470. The Morgan fingerprint density at radius 3 is 2.33 bits per heavy atom. The molecule has 2 atom stereocenters. The van der Waals surface area contributed by atoms with E-state index in [4.69, 9.17) is 0 Å². The van der Waals surface area contributed by atoms with Crippen molar-refractivity contribution in [3.05, 3.63) is 94.8 Å². The number of benzene rings is 3. The number of amides is 1. The summed E-state index contributed by atoms with van der Waals surface area (Å²) in [5.41, 5.74) is -0.673.